The molecule has 198 valence electrons. The highest BCUT2D eigenvalue weighted by molar-refractivity contribution is 6.30. The Morgan fingerprint density at radius 2 is 1.42 bits per heavy atom. The van der Waals surface area contributed by atoms with Crippen LogP contribution in [0.4, 0.5) is 11.6 Å². The van der Waals surface area contributed by atoms with Gasteiger partial charge in [0.05, 0.1) is 12.3 Å². The SMILES string of the molecule is CCN(CC)CCOc1ccc(Nc2nc(C)cc(-c3ccc(OCCc4ccc(Cl)cc4)cc3)n2)cc1. The molecule has 0 atom stereocenters. The highest BCUT2D eigenvalue weighted by Gasteiger charge is 2.07. The quantitative estimate of drug-likeness (QED) is 0.197. The molecule has 0 aliphatic rings. The summed E-state index contributed by atoms with van der Waals surface area (Å²) >= 11 is 5.95. The zero-order chi connectivity index (χ0) is 26.7. The first-order chi connectivity index (χ1) is 18.5. The van der Waals surface area contributed by atoms with Crippen LogP contribution in [0.1, 0.15) is 25.1 Å². The van der Waals surface area contributed by atoms with Crippen molar-refractivity contribution in [1.29, 1.82) is 0 Å². The van der Waals surface area contributed by atoms with E-state index in [-0.39, 0.29) is 0 Å². The van der Waals surface area contributed by atoms with Crippen LogP contribution in [-0.2, 0) is 6.42 Å². The molecule has 0 saturated heterocycles. The third-order valence-corrected chi connectivity index (χ3v) is 6.51. The van der Waals surface area contributed by atoms with Gasteiger partial charge in [-0.05, 0) is 92.3 Å². The van der Waals surface area contributed by atoms with Gasteiger partial charge < -0.3 is 19.7 Å². The Morgan fingerprint density at radius 1 is 0.789 bits per heavy atom. The first-order valence-corrected chi connectivity index (χ1v) is 13.5. The molecule has 1 heterocycles. The van der Waals surface area contributed by atoms with Crippen molar-refractivity contribution in [3.63, 3.8) is 0 Å². The molecule has 0 fully saturated rings. The van der Waals surface area contributed by atoms with Gasteiger partial charge >= 0.3 is 0 Å². The highest BCUT2D eigenvalue weighted by atomic mass is 35.5. The zero-order valence-corrected chi connectivity index (χ0v) is 23.0. The number of benzene rings is 3. The number of ether oxygens (including phenoxy) is 2. The van der Waals surface area contributed by atoms with Crippen LogP contribution in [0.5, 0.6) is 11.5 Å². The van der Waals surface area contributed by atoms with Crippen LogP contribution in [0, 0.1) is 6.92 Å². The average molecular weight is 531 g/mol. The zero-order valence-electron chi connectivity index (χ0n) is 22.3. The lowest BCUT2D eigenvalue weighted by molar-refractivity contribution is 0.223. The van der Waals surface area contributed by atoms with E-state index in [2.05, 4.69) is 29.0 Å². The third-order valence-electron chi connectivity index (χ3n) is 6.26. The second-order valence-corrected chi connectivity index (χ2v) is 9.43. The van der Waals surface area contributed by atoms with Crippen LogP contribution >= 0.6 is 11.6 Å². The second kappa shape index (κ2) is 13.8. The van der Waals surface area contributed by atoms with E-state index in [1.54, 1.807) is 0 Å². The van der Waals surface area contributed by atoms with E-state index in [4.69, 9.17) is 26.1 Å². The van der Waals surface area contributed by atoms with Gasteiger partial charge in [0, 0.05) is 34.9 Å². The van der Waals surface area contributed by atoms with Crippen LogP contribution < -0.4 is 14.8 Å². The number of nitrogens with one attached hydrogen (secondary N) is 1. The maximum absolute atomic E-state index is 5.95. The third kappa shape index (κ3) is 8.20. The predicted molar refractivity (Wildman–Crippen MR) is 156 cm³/mol. The van der Waals surface area contributed by atoms with Crippen LogP contribution in [0.25, 0.3) is 11.3 Å². The van der Waals surface area contributed by atoms with Crippen molar-refractivity contribution >= 4 is 23.2 Å². The van der Waals surface area contributed by atoms with Gasteiger partial charge in [0.2, 0.25) is 5.95 Å². The van der Waals surface area contributed by atoms with Crippen molar-refractivity contribution in [3.05, 3.63) is 95.1 Å². The molecule has 1 N–H and O–H groups in total. The average Bonchev–Trinajstić information content (AvgIpc) is 2.93. The van der Waals surface area contributed by atoms with Crippen molar-refractivity contribution in [1.82, 2.24) is 14.9 Å². The molecule has 0 bridgehead atoms. The highest BCUT2D eigenvalue weighted by Crippen LogP contribution is 2.24. The van der Waals surface area contributed by atoms with Crippen LogP contribution in [0.2, 0.25) is 5.02 Å². The van der Waals surface area contributed by atoms with Crippen LogP contribution in [0.15, 0.2) is 78.9 Å². The topological polar surface area (TPSA) is 59.5 Å². The molecule has 0 unspecified atom stereocenters. The fourth-order valence-corrected chi connectivity index (χ4v) is 4.15. The second-order valence-electron chi connectivity index (χ2n) is 8.99. The van der Waals surface area contributed by atoms with E-state index < -0.39 is 0 Å². The lowest BCUT2D eigenvalue weighted by Crippen LogP contribution is -2.27. The fraction of sp³-hybridized carbons (Fsp3) is 0.290. The van der Waals surface area contributed by atoms with E-state index in [1.165, 1.54) is 5.56 Å². The molecule has 4 rings (SSSR count). The molecule has 0 radical (unpaired) electrons. The van der Waals surface area contributed by atoms with E-state index in [0.29, 0.717) is 19.2 Å². The molecule has 0 aliphatic heterocycles. The number of anilines is 2. The summed E-state index contributed by atoms with van der Waals surface area (Å²) in [5.41, 5.74) is 4.84. The molecule has 7 heteroatoms. The summed E-state index contributed by atoms with van der Waals surface area (Å²) in [5, 5.41) is 4.06. The standard InChI is InChI=1S/C31H35ClN4O2/c1-4-36(5-2)19-21-38-29-16-12-27(13-17-29)34-31-33-23(3)22-30(35-31)25-8-14-28(15-9-25)37-20-18-24-6-10-26(32)11-7-24/h6-17,22H,4-5,18-21H2,1-3H3,(H,33,34,35). The molecule has 0 aliphatic carbocycles. The fourth-order valence-electron chi connectivity index (χ4n) is 4.03. The maximum atomic E-state index is 5.95. The molecule has 6 nitrogen and oxygen atoms in total. The summed E-state index contributed by atoms with van der Waals surface area (Å²) in [4.78, 5) is 11.6. The number of nitrogens with zero attached hydrogens (tertiary/aromatic N) is 3. The maximum Gasteiger partial charge on any atom is 0.227 e. The minimum absolute atomic E-state index is 0.554. The number of likely N-dealkylation sites (N-methyl/N-ethyl adjacent to an activating group) is 1. The van der Waals surface area contributed by atoms with Crippen LogP contribution in [-0.4, -0.2) is 47.7 Å². The van der Waals surface area contributed by atoms with Gasteiger partial charge in [0.25, 0.3) is 0 Å². The molecule has 3 aromatic carbocycles. The Hall–Kier alpha value is -3.61. The van der Waals surface area contributed by atoms with Gasteiger partial charge in [-0.15, -0.1) is 0 Å². The Balaban J connectivity index is 1.33. The van der Waals surface area contributed by atoms with Crippen molar-refractivity contribution < 1.29 is 9.47 Å². The van der Waals surface area contributed by atoms with Crippen molar-refractivity contribution in [2.45, 2.75) is 27.2 Å². The normalized spacial score (nSPS) is 11.0. The largest absolute Gasteiger partial charge is 0.493 e. The number of halogens is 1. The molecule has 0 saturated carbocycles. The first-order valence-electron chi connectivity index (χ1n) is 13.1. The van der Waals surface area contributed by atoms with Gasteiger partial charge in [0.15, 0.2) is 0 Å². The summed E-state index contributed by atoms with van der Waals surface area (Å²) < 4.78 is 11.8. The van der Waals surface area contributed by atoms with Gasteiger partial charge in [0.1, 0.15) is 18.1 Å². The Kier molecular flexibility index (Phi) is 9.96. The van der Waals surface area contributed by atoms with E-state index >= 15 is 0 Å². The number of rotatable bonds is 13. The minimum atomic E-state index is 0.554. The first kappa shape index (κ1) is 27.4. The molecule has 38 heavy (non-hydrogen) atoms. The Labute approximate surface area is 230 Å². The summed E-state index contributed by atoms with van der Waals surface area (Å²) in [6, 6.07) is 25.7. The minimum Gasteiger partial charge on any atom is -0.493 e. The van der Waals surface area contributed by atoms with Crippen molar-refractivity contribution in [2.24, 2.45) is 0 Å². The van der Waals surface area contributed by atoms with Gasteiger partial charge in [-0.1, -0.05) is 37.6 Å². The molecule has 0 amide bonds. The van der Waals surface area contributed by atoms with E-state index in [0.717, 1.165) is 65.2 Å². The molecule has 1 aromatic heterocycles. The van der Waals surface area contributed by atoms with Crippen molar-refractivity contribution in [3.8, 4) is 22.8 Å². The van der Waals surface area contributed by atoms with E-state index in [9.17, 15) is 0 Å². The molecule has 0 spiro atoms. The number of hydrogen-bond donors (Lipinski definition) is 1. The lowest BCUT2D eigenvalue weighted by atomic mass is 10.1. The number of aromatic nitrogens is 2. The van der Waals surface area contributed by atoms with E-state index in [1.807, 2.05) is 85.8 Å². The van der Waals surface area contributed by atoms with Gasteiger partial charge in [-0.2, -0.15) is 0 Å². The lowest BCUT2D eigenvalue weighted by Gasteiger charge is -2.18. The van der Waals surface area contributed by atoms with Gasteiger partial charge in [-0.25, -0.2) is 9.97 Å². The van der Waals surface area contributed by atoms with Gasteiger partial charge in [-0.3, -0.25) is 0 Å². The predicted octanol–water partition coefficient (Wildman–Crippen LogP) is 7.19. The smallest absolute Gasteiger partial charge is 0.227 e. The summed E-state index contributed by atoms with van der Waals surface area (Å²) in [5.74, 6) is 2.23. The summed E-state index contributed by atoms with van der Waals surface area (Å²) in [6.07, 6.45) is 0.822. The molecular formula is C31H35ClN4O2. The number of aryl methyl sites for hydroxylation is 1. The number of hydrogen-bond acceptors (Lipinski definition) is 6. The Bertz CT molecular complexity index is 1280. The molecular weight excluding hydrogens is 496 g/mol. The van der Waals surface area contributed by atoms with Crippen molar-refractivity contribution in [2.75, 3.05) is 38.2 Å². The summed E-state index contributed by atoms with van der Waals surface area (Å²) in [6.45, 7) is 10.6. The Morgan fingerprint density at radius 3 is 2.08 bits per heavy atom. The monoisotopic (exact) mass is 530 g/mol. The van der Waals surface area contributed by atoms with Crippen LogP contribution in [0.3, 0.4) is 0 Å². The summed E-state index contributed by atoms with van der Waals surface area (Å²) in [7, 11) is 0. The molecule has 4 aromatic rings.